The first-order valence-corrected chi connectivity index (χ1v) is 8.56. The van der Waals surface area contributed by atoms with Crippen molar-refractivity contribution in [3.8, 4) is 17.2 Å². The van der Waals surface area contributed by atoms with Gasteiger partial charge >= 0.3 is 5.97 Å². The highest BCUT2D eigenvalue weighted by Gasteiger charge is 2.26. The van der Waals surface area contributed by atoms with E-state index in [1.54, 1.807) is 25.3 Å². The highest BCUT2D eigenvalue weighted by atomic mass is 16.5. The molecule has 1 aliphatic heterocycles. The second-order valence-corrected chi connectivity index (χ2v) is 6.23. The molecule has 7 heteroatoms. The van der Waals surface area contributed by atoms with Crippen molar-refractivity contribution in [2.24, 2.45) is 5.92 Å². The van der Waals surface area contributed by atoms with Gasteiger partial charge in [0.05, 0.1) is 13.0 Å². The van der Waals surface area contributed by atoms with Crippen molar-refractivity contribution in [1.29, 1.82) is 0 Å². The molecule has 1 aliphatic rings. The van der Waals surface area contributed by atoms with Crippen molar-refractivity contribution in [3.05, 3.63) is 53.6 Å². The fourth-order valence-corrected chi connectivity index (χ4v) is 2.87. The van der Waals surface area contributed by atoms with Gasteiger partial charge in [-0.15, -0.1) is 0 Å². The molecular formula is C20H21NO6. The Morgan fingerprint density at radius 2 is 2.07 bits per heavy atom. The average molecular weight is 371 g/mol. The van der Waals surface area contributed by atoms with Crippen LogP contribution in [0.1, 0.15) is 11.1 Å². The molecule has 142 valence electrons. The van der Waals surface area contributed by atoms with Gasteiger partial charge in [0, 0.05) is 12.6 Å². The number of aliphatic carboxylic acids is 1. The molecule has 1 unspecified atom stereocenters. The van der Waals surface area contributed by atoms with E-state index in [4.69, 9.17) is 19.3 Å². The smallest absolute Gasteiger partial charge is 0.341 e. The van der Waals surface area contributed by atoms with Gasteiger partial charge in [-0.05, 0) is 35.7 Å². The third-order valence-electron chi connectivity index (χ3n) is 4.28. The summed E-state index contributed by atoms with van der Waals surface area (Å²) < 4.78 is 16.0. The third-order valence-corrected chi connectivity index (χ3v) is 4.28. The second kappa shape index (κ2) is 8.44. The predicted molar refractivity (Wildman–Crippen MR) is 97.1 cm³/mol. The zero-order valence-electron chi connectivity index (χ0n) is 14.9. The number of nitrogens with one attached hydrogen (secondary N) is 1. The average Bonchev–Trinajstić information content (AvgIpc) is 2.70. The van der Waals surface area contributed by atoms with Crippen LogP contribution in [0.4, 0.5) is 0 Å². The lowest BCUT2D eigenvalue weighted by molar-refractivity contribution is -0.139. The molecule has 2 aromatic carbocycles. The highest BCUT2D eigenvalue weighted by Crippen LogP contribution is 2.31. The van der Waals surface area contributed by atoms with Crippen LogP contribution in [-0.4, -0.2) is 37.3 Å². The van der Waals surface area contributed by atoms with Gasteiger partial charge in [-0.2, -0.15) is 0 Å². The Bertz CT molecular complexity index is 835. The van der Waals surface area contributed by atoms with Crippen LogP contribution in [0.3, 0.4) is 0 Å². The Hall–Kier alpha value is -3.22. The largest absolute Gasteiger partial charge is 0.497 e. The highest BCUT2D eigenvalue weighted by molar-refractivity contribution is 5.79. The zero-order valence-corrected chi connectivity index (χ0v) is 14.9. The molecule has 7 nitrogen and oxygen atoms in total. The van der Waals surface area contributed by atoms with Crippen molar-refractivity contribution in [3.63, 3.8) is 0 Å². The third kappa shape index (κ3) is 4.91. The van der Waals surface area contributed by atoms with E-state index in [0.29, 0.717) is 25.3 Å². The molecular weight excluding hydrogens is 350 g/mol. The van der Waals surface area contributed by atoms with Crippen LogP contribution in [-0.2, 0) is 22.6 Å². The summed E-state index contributed by atoms with van der Waals surface area (Å²) in [5, 5.41) is 11.6. The lowest BCUT2D eigenvalue weighted by Gasteiger charge is -2.25. The maximum atomic E-state index is 12.5. The molecule has 0 aliphatic carbocycles. The SMILES string of the molecule is COc1ccc2c(c1)OCC(C(=O)NCc1cccc(OCC(=O)O)c1)C2. The van der Waals surface area contributed by atoms with Crippen LogP contribution in [0.5, 0.6) is 17.2 Å². The molecule has 3 rings (SSSR count). The first-order chi connectivity index (χ1) is 13.0. The maximum Gasteiger partial charge on any atom is 0.341 e. The predicted octanol–water partition coefficient (Wildman–Crippen LogP) is 2.03. The molecule has 0 bridgehead atoms. The molecule has 27 heavy (non-hydrogen) atoms. The van der Waals surface area contributed by atoms with Gasteiger partial charge in [-0.3, -0.25) is 4.79 Å². The minimum absolute atomic E-state index is 0.0895. The van der Waals surface area contributed by atoms with Crippen molar-refractivity contribution in [1.82, 2.24) is 5.32 Å². The number of hydrogen-bond acceptors (Lipinski definition) is 5. The number of hydrogen-bond donors (Lipinski definition) is 2. The summed E-state index contributed by atoms with van der Waals surface area (Å²) >= 11 is 0. The molecule has 0 fully saturated rings. The fraction of sp³-hybridized carbons (Fsp3) is 0.300. The van der Waals surface area contributed by atoms with E-state index in [9.17, 15) is 9.59 Å². The number of rotatable bonds is 7. The Morgan fingerprint density at radius 1 is 1.22 bits per heavy atom. The van der Waals surface area contributed by atoms with E-state index in [1.807, 2.05) is 24.3 Å². The molecule has 0 saturated heterocycles. The fourth-order valence-electron chi connectivity index (χ4n) is 2.87. The van der Waals surface area contributed by atoms with E-state index >= 15 is 0 Å². The molecule has 2 aromatic rings. The number of fused-ring (bicyclic) bond motifs is 1. The van der Waals surface area contributed by atoms with Gasteiger partial charge in [0.2, 0.25) is 5.91 Å². The van der Waals surface area contributed by atoms with Crippen LogP contribution in [0.15, 0.2) is 42.5 Å². The number of benzene rings is 2. The Balaban J connectivity index is 1.55. The summed E-state index contributed by atoms with van der Waals surface area (Å²) in [7, 11) is 1.60. The van der Waals surface area contributed by atoms with Crippen molar-refractivity contribution < 1.29 is 28.9 Å². The first kappa shape index (κ1) is 18.6. The molecule has 1 atom stereocenters. The molecule has 0 saturated carbocycles. The van der Waals surface area contributed by atoms with Gasteiger partial charge in [0.1, 0.15) is 23.9 Å². The summed E-state index contributed by atoms with van der Waals surface area (Å²) in [6, 6.07) is 12.6. The number of carbonyl (C=O) groups is 2. The summed E-state index contributed by atoms with van der Waals surface area (Å²) in [6.45, 7) is 0.238. The summed E-state index contributed by atoms with van der Waals surface area (Å²) in [5.41, 5.74) is 1.80. The molecule has 1 heterocycles. The summed E-state index contributed by atoms with van der Waals surface area (Å²) in [5.74, 6) is 0.533. The van der Waals surface area contributed by atoms with Crippen LogP contribution >= 0.6 is 0 Å². The monoisotopic (exact) mass is 371 g/mol. The van der Waals surface area contributed by atoms with E-state index in [2.05, 4.69) is 5.32 Å². The van der Waals surface area contributed by atoms with Crippen molar-refractivity contribution >= 4 is 11.9 Å². The minimum atomic E-state index is -1.04. The Kier molecular flexibility index (Phi) is 5.80. The number of methoxy groups -OCH3 is 1. The van der Waals surface area contributed by atoms with E-state index in [0.717, 1.165) is 22.6 Å². The lowest BCUT2D eigenvalue weighted by atomic mass is 9.96. The number of carboxylic acid groups (broad SMARTS) is 1. The van der Waals surface area contributed by atoms with Crippen LogP contribution in [0.25, 0.3) is 0 Å². The second-order valence-electron chi connectivity index (χ2n) is 6.23. The lowest BCUT2D eigenvalue weighted by Crippen LogP contribution is -2.37. The van der Waals surface area contributed by atoms with Gasteiger partial charge in [-0.1, -0.05) is 18.2 Å². The number of amides is 1. The summed E-state index contributed by atoms with van der Waals surface area (Å²) in [6.07, 6.45) is 0.604. The molecule has 1 amide bonds. The van der Waals surface area contributed by atoms with Crippen LogP contribution in [0, 0.1) is 5.92 Å². The Labute approximate surface area is 156 Å². The normalized spacial score (nSPS) is 15.2. The molecule has 0 aromatic heterocycles. The Morgan fingerprint density at radius 3 is 2.85 bits per heavy atom. The number of carbonyl (C=O) groups excluding carboxylic acids is 1. The van der Waals surface area contributed by atoms with Crippen molar-refractivity contribution in [2.45, 2.75) is 13.0 Å². The zero-order chi connectivity index (χ0) is 19.2. The van der Waals surface area contributed by atoms with Gasteiger partial charge in [-0.25, -0.2) is 4.79 Å². The number of ether oxygens (including phenoxy) is 3. The van der Waals surface area contributed by atoms with E-state index in [-0.39, 0.29) is 11.8 Å². The van der Waals surface area contributed by atoms with Gasteiger partial charge in [0.25, 0.3) is 0 Å². The molecule has 0 spiro atoms. The first-order valence-electron chi connectivity index (χ1n) is 8.56. The standard InChI is InChI=1S/C20H21NO6/c1-25-16-6-5-14-8-15(11-27-18(14)9-16)20(24)21-10-13-3-2-4-17(7-13)26-12-19(22)23/h2-7,9,15H,8,10-12H2,1H3,(H,21,24)(H,22,23). The molecule has 2 N–H and O–H groups in total. The topological polar surface area (TPSA) is 94.1 Å². The van der Waals surface area contributed by atoms with Gasteiger partial charge < -0.3 is 24.6 Å². The molecule has 0 radical (unpaired) electrons. The summed E-state index contributed by atoms with van der Waals surface area (Å²) in [4.78, 5) is 23.0. The maximum absolute atomic E-state index is 12.5. The van der Waals surface area contributed by atoms with Gasteiger partial charge in [0.15, 0.2) is 6.61 Å². The van der Waals surface area contributed by atoms with E-state index in [1.165, 1.54) is 0 Å². The quantitative estimate of drug-likeness (QED) is 0.773. The van der Waals surface area contributed by atoms with Crippen LogP contribution < -0.4 is 19.5 Å². The van der Waals surface area contributed by atoms with E-state index < -0.39 is 12.6 Å². The van der Waals surface area contributed by atoms with Crippen molar-refractivity contribution in [2.75, 3.05) is 20.3 Å². The minimum Gasteiger partial charge on any atom is -0.497 e. The number of carboxylic acids is 1. The van der Waals surface area contributed by atoms with Crippen LogP contribution in [0.2, 0.25) is 0 Å².